The molecule has 0 amide bonds. The molecule has 1 aromatic heterocycles. The highest BCUT2D eigenvalue weighted by Crippen LogP contribution is 2.36. The van der Waals surface area contributed by atoms with Crippen LogP contribution in [0.5, 0.6) is 5.75 Å². The number of hydrogen-bond donors (Lipinski definition) is 0. The third kappa shape index (κ3) is 9.39. The van der Waals surface area contributed by atoms with E-state index in [9.17, 15) is 0 Å². The highest BCUT2D eigenvalue weighted by atomic mass is 16.5. The molecule has 1 heterocycles. The molecule has 2 aromatic rings. The van der Waals surface area contributed by atoms with Gasteiger partial charge in [0.1, 0.15) is 5.75 Å². The minimum Gasteiger partial charge on any atom is -0.494 e. The molecule has 0 N–H and O–H groups in total. The quantitative estimate of drug-likeness (QED) is 0.232. The van der Waals surface area contributed by atoms with E-state index in [1.807, 2.05) is 12.4 Å². The first kappa shape index (κ1) is 26.7. The Labute approximate surface area is 209 Å². The molecule has 3 heteroatoms. The minimum absolute atomic E-state index is 0.795. The Balaban J connectivity index is 1.37. The molecule has 0 saturated heterocycles. The van der Waals surface area contributed by atoms with Crippen molar-refractivity contribution in [1.29, 1.82) is 0 Å². The van der Waals surface area contributed by atoms with Crippen molar-refractivity contribution in [3.63, 3.8) is 0 Å². The van der Waals surface area contributed by atoms with Gasteiger partial charge in [0.05, 0.1) is 6.61 Å². The van der Waals surface area contributed by atoms with Gasteiger partial charge in [-0.1, -0.05) is 90.9 Å². The third-order valence-corrected chi connectivity index (χ3v) is 7.62. The molecule has 2 atom stereocenters. The summed E-state index contributed by atoms with van der Waals surface area (Å²) in [6.45, 7) is 5.36. The minimum atomic E-state index is 0.795. The second-order valence-electron chi connectivity index (χ2n) is 10.4. The van der Waals surface area contributed by atoms with E-state index in [1.54, 1.807) is 0 Å². The lowest BCUT2D eigenvalue weighted by molar-refractivity contribution is 0.190. The van der Waals surface area contributed by atoms with E-state index in [0.29, 0.717) is 0 Å². The van der Waals surface area contributed by atoms with Crippen LogP contribution >= 0.6 is 0 Å². The molecule has 34 heavy (non-hydrogen) atoms. The maximum atomic E-state index is 6.08. The zero-order valence-electron chi connectivity index (χ0n) is 21.9. The first-order valence-corrected chi connectivity index (χ1v) is 14.3. The van der Waals surface area contributed by atoms with Crippen molar-refractivity contribution < 1.29 is 4.74 Å². The zero-order valence-corrected chi connectivity index (χ0v) is 21.9. The van der Waals surface area contributed by atoms with Crippen molar-refractivity contribution >= 4 is 0 Å². The standard InChI is InChI=1S/C31H48N2O/c1-3-5-7-8-10-15-27-16-11-12-17-28(27)18-13-23-34-30-21-19-29(20-22-30)31-32-24-26(25-33-31)14-9-6-4-2/h19-22,24-25,27-28H,3-18,23H2,1-2H3. The number of rotatable bonds is 16. The SMILES string of the molecule is CCCCCCCC1CCCCC1CCCOc1ccc(-c2ncc(CCCCC)cn2)cc1. The summed E-state index contributed by atoms with van der Waals surface area (Å²) in [7, 11) is 0. The fourth-order valence-corrected chi connectivity index (χ4v) is 5.50. The lowest BCUT2D eigenvalue weighted by atomic mass is 9.74. The van der Waals surface area contributed by atoms with Crippen LogP contribution in [0.1, 0.15) is 116 Å². The Hall–Kier alpha value is -1.90. The van der Waals surface area contributed by atoms with E-state index >= 15 is 0 Å². The molecule has 0 spiro atoms. The molecular weight excluding hydrogens is 416 g/mol. The molecule has 1 fully saturated rings. The van der Waals surface area contributed by atoms with Gasteiger partial charge in [-0.25, -0.2) is 9.97 Å². The van der Waals surface area contributed by atoms with Gasteiger partial charge in [-0.3, -0.25) is 0 Å². The number of ether oxygens (including phenoxy) is 1. The Morgan fingerprint density at radius 3 is 2.03 bits per heavy atom. The normalized spacial score (nSPS) is 18.2. The van der Waals surface area contributed by atoms with E-state index in [-0.39, 0.29) is 0 Å². The first-order chi connectivity index (χ1) is 16.8. The smallest absolute Gasteiger partial charge is 0.159 e. The summed E-state index contributed by atoms with van der Waals surface area (Å²) in [4.78, 5) is 9.15. The van der Waals surface area contributed by atoms with E-state index in [2.05, 4.69) is 48.1 Å². The fourth-order valence-electron chi connectivity index (χ4n) is 5.50. The van der Waals surface area contributed by atoms with Gasteiger partial charge in [-0.05, 0) is 67.3 Å². The third-order valence-electron chi connectivity index (χ3n) is 7.62. The van der Waals surface area contributed by atoms with Crippen LogP contribution in [0.3, 0.4) is 0 Å². The van der Waals surface area contributed by atoms with Gasteiger partial charge in [-0.15, -0.1) is 0 Å². The van der Waals surface area contributed by atoms with Gasteiger partial charge >= 0.3 is 0 Å². The van der Waals surface area contributed by atoms with Gasteiger partial charge in [0, 0.05) is 18.0 Å². The molecule has 3 nitrogen and oxygen atoms in total. The van der Waals surface area contributed by atoms with Crippen LogP contribution in [0.15, 0.2) is 36.7 Å². The number of nitrogens with zero attached hydrogens (tertiary/aromatic N) is 2. The summed E-state index contributed by atoms with van der Waals surface area (Å²) in [5.41, 5.74) is 2.28. The fraction of sp³-hybridized carbons (Fsp3) is 0.677. The molecule has 1 aliphatic carbocycles. The van der Waals surface area contributed by atoms with Gasteiger partial charge in [0.25, 0.3) is 0 Å². The van der Waals surface area contributed by atoms with E-state index < -0.39 is 0 Å². The van der Waals surface area contributed by atoms with Crippen molar-refractivity contribution in [2.75, 3.05) is 6.61 Å². The van der Waals surface area contributed by atoms with Gasteiger partial charge in [0.2, 0.25) is 0 Å². The Morgan fingerprint density at radius 1 is 0.735 bits per heavy atom. The summed E-state index contributed by atoms with van der Waals surface area (Å²) in [5, 5.41) is 0. The average Bonchev–Trinajstić information content (AvgIpc) is 2.88. The summed E-state index contributed by atoms with van der Waals surface area (Å²) < 4.78 is 6.08. The van der Waals surface area contributed by atoms with E-state index in [4.69, 9.17) is 4.74 Å². The van der Waals surface area contributed by atoms with Crippen molar-refractivity contribution in [1.82, 2.24) is 9.97 Å². The highest BCUT2D eigenvalue weighted by molar-refractivity contribution is 5.55. The van der Waals surface area contributed by atoms with Crippen LogP contribution in [0.4, 0.5) is 0 Å². The molecule has 0 bridgehead atoms. The van der Waals surface area contributed by atoms with Crippen molar-refractivity contribution in [3.05, 3.63) is 42.2 Å². The van der Waals surface area contributed by atoms with Crippen LogP contribution in [0.25, 0.3) is 11.4 Å². The number of hydrogen-bond acceptors (Lipinski definition) is 3. The second kappa shape index (κ2) is 15.9. The van der Waals surface area contributed by atoms with Crippen LogP contribution in [0.2, 0.25) is 0 Å². The van der Waals surface area contributed by atoms with Gasteiger partial charge in [0.15, 0.2) is 5.82 Å². The Bertz CT molecular complexity index is 771. The van der Waals surface area contributed by atoms with Crippen molar-refractivity contribution in [2.24, 2.45) is 11.8 Å². The zero-order chi connectivity index (χ0) is 23.8. The first-order valence-electron chi connectivity index (χ1n) is 14.3. The van der Waals surface area contributed by atoms with Crippen LogP contribution in [-0.2, 0) is 6.42 Å². The molecule has 1 aromatic carbocycles. The molecule has 1 saturated carbocycles. The van der Waals surface area contributed by atoms with Crippen LogP contribution in [0, 0.1) is 11.8 Å². The van der Waals surface area contributed by atoms with Gasteiger partial charge in [-0.2, -0.15) is 0 Å². The summed E-state index contributed by atoms with van der Waals surface area (Å²) in [6, 6.07) is 8.29. The molecule has 2 unspecified atom stereocenters. The largest absolute Gasteiger partial charge is 0.494 e. The average molecular weight is 465 g/mol. The lowest BCUT2D eigenvalue weighted by Gasteiger charge is -2.31. The van der Waals surface area contributed by atoms with Gasteiger partial charge < -0.3 is 4.74 Å². The summed E-state index contributed by atoms with van der Waals surface area (Å²) >= 11 is 0. The maximum Gasteiger partial charge on any atom is 0.159 e. The maximum absolute atomic E-state index is 6.08. The predicted molar refractivity (Wildman–Crippen MR) is 144 cm³/mol. The lowest BCUT2D eigenvalue weighted by Crippen LogP contribution is -2.20. The molecule has 188 valence electrons. The highest BCUT2D eigenvalue weighted by Gasteiger charge is 2.24. The van der Waals surface area contributed by atoms with E-state index in [0.717, 1.165) is 42.0 Å². The topological polar surface area (TPSA) is 35.0 Å². The number of aryl methyl sites for hydroxylation is 1. The van der Waals surface area contributed by atoms with E-state index in [1.165, 1.54) is 102 Å². The van der Waals surface area contributed by atoms with Crippen LogP contribution < -0.4 is 4.74 Å². The number of unbranched alkanes of at least 4 members (excludes halogenated alkanes) is 6. The second-order valence-corrected chi connectivity index (χ2v) is 10.4. The molecule has 0 radical (unpaired) electrons. The van der Waals surface area contributed by atoms with Crippen LogP contribution in [-0.4, -0.2) is 16.6 Å². The van der Waals surface area contributed by atoms with Crippen molar-refractivity contribution in [3.8, 4) is 17.1 Å². The Kier molecular flexibility index (Phi) is 12.5. The monoisotopic (exact) mass is 464 g/mol. The summed E-state index contributed by atoms with van der Waals surface area (Å²) in [5.74, 6) is 3.64. The molecule has 1 aliphatic rings. The number of benzene rings is 1. The molecule has 0 aliphatic heterocycles. The van der Waals surface area contributed by atoms with Crippen molar-refractivity contribution in [2.45, 2.75) is 117 Å². The number of aromatic nitrogens is 2. The Morgan fingerprint density at radius 2 is 1.35 bits per heavy atom. The molecular formula is C31H48N2O. The summed E-state index contributed by atoms with van der Waals surface area (Å²) in [6.07, 6.45) is 25.5. The predicted octanol–water partition coefficient (Wildman–Crippen LogP) is 9.20. The molecule has 3 rings (SSSR count).